The molecule has 0 aromatic carbocycles. The van der Waals surface area contributed by atoms with Crippen LogP contribution in [-0.4, -0.2) is 40.6 Å². The van der Waals surface area contributed by atoms with Crippen LogP contribution in [-0.2, 0) is 0 Å². The highest BCUT2D eigenvalue weighted by atomic mass is 32.1. The summed E-state index contributed by atoms with van der Waals surface area (Å²) in [4.78, 5) is 26.8. The van der Waals surface area contributed by atoms with E-state index in [1.54, 1.807) is 11.3 Å². The molecule has 0 bridgehead atoms. The molecule has 0 unspecified atom stereocenters. The van der Waals surface area contributed by atoms with Crippen molar-refractivity contribution in [2.45, 2.75) is 18.9 Å². The van der Waals surface area contributed by atoms with Crippen molar-refractivity contribution in [1.82, 2.24) is 20.4 Å². The van der Waals surface area contributed by atoms with Crippen LogP contribution < -0.4 is 10.9 Å². The van der Waals surface area contributed by atoms with Crippen molar-refractivity contribution in [2.75, 3.05) is 19.6 Å². The normalized spacial score (nSPS) is 16.5. The van der Waals surface area contributed by atoms with Gasteiger partial charge in [-0.3, -0.25) is 14.5 Å². The molecule has 22 heavy (non-hydrogen) atoms. The lowest BCUT2D eigenvalue weighted by Crippen LogP contribution is -2.36. The molecular formula is C15H18N4O2S. The number of aromatic nitrogens is 2. The largest absolute Gasteiger partial charge is 0.349 e. The van der Waals surface area contributed by atoms with Gasteiger partial charge in [0, 0.05) is 17.5 Å². The van der Waals surface area contributed by atoms with Crippen molar-refractivity contribution in [3.05, 3.63) is 50.6 Å². The molecule has 1 saturated heterocycles. The summed E-state index contributed by atoms with van der Waals surface area (Å²) in [7, 11) is 0. The standard InChI is InChI=1S/C15H18N4O2S/c20-14-6-5-11(17-18-14)15(21)16-10-12(13-4-3-9-22-13)19-7-1-2-8-19/h3-6,9,12H,1-2,7-8,10H2,(H,16,21)(H,18,20)/t12-/m1/s1. The Morgan fingerprint density at radius 3 is 2.82 bits per heavy atom. The van der Waals surface area contributed by atoms with Gasteiger partial charge >= 0.3 is 0 Å². The fraction of sp³-hybridized carbons (Fsp3) is 0.400. The van der Waals surface area contributed by atoms with E-state index in [9.17, 15) is 9.59 Å². The lowest BCUT2D eigenvalue weighted by atomic mass is 10.2. The molecule has 1 aliphatic rings. The fourth-order valence-corrected chi connectivity index (χ4v) is 3.56. The number of hydrogen-bond acceptors (Lipinski definition) is 5. The summed E-state index contributed by atoms with van der Waals surface area (Å²) in [6, 6.07) is 7.09. The maximum Gasteiger partial charge on any atom is 0.271 e. The van der Waals surface area contributed by atoms with Crippen molar-refractivity contribution in [2.24, 2.45) is 0 Å². The second-order valence-corrected chi connectivity index (χ2v) is 6.27. The minimum atomic E-state index is -0.315. The molecule has 2 N–H and O–H groups in total. The molecule has 3 heterocycles. The summed E-state index contributed by atoms with van der Waals surface area (Å²) < 4.78 is 0. The lowest BCUT2D eigenvalue weighted by molar-refractivity contribution is 0.0932. The number of likely N-dealkylation sites (tertiary alicyclic amines) is 1. The summed E-state index contributed by atoms with van der Waals surface area (Å²) in [6.45, 7) is 2.67. The number of thiophene rings is 1. The summed E-state index contributed by atoms with van der Waals surface area (Å²) >= 11 is 1.71. The molecular weight excluding hydrogens is 300 g/mol. The van der Waals surface area contributed by atoms with E-state index in [1.807, 2.05) is 6.07 Å². The van der Waals surface area contributed by atoms with Crippen molar-refractivity contribution in [3.63, 3.8) is 0 Å². The average molecular weight is 318 g/mol. The van der Waals surface area contributed by atoms with Crippen LogP contribution in [0.1, 0.15) is 34.2 Å². The Morgan fingerprint density at radius 1 is 1.36 bits per heavy atom. The Kier molecular flexibility index (Phi) is 4.65. The number of carbonyl (C=O) groups excluding carboxylic acids is 1. The fourth-order valence-electron chi connectivity index (χ4n) is 2.69. The number of amides is 1. The van der Waals surface area contributed by atoms with E-state index in [0.717, 1.165) is 13.1 Å². The molecule has 7 heteroatoms. The predicted molar refractivity (Wildman–Crippen MR) is 85.1 cm³/mol. The number of aromatic amines is 1. The van der Waals surface area contributed by atoms with Crippen LogP contribution in [0.4, 0.5) is 0 Å². The molecule has 6 nitrogen and oxygen atoms in total. The molecule has 116 valence electrons. The number of carbonyl (C=O) groups is 1. The highest BCUT2D eigenvalue weighted by Crippen LogP contribution is 2.27. The molecule has 1 amide bonds. The molecule has 2 aromatic rings. The van der Waals surface area contributed by atoms with Crippen molar-refractivity contribution in [3.8, 4) is 0 Å². The van der Waals surface area contributed by atoms with Gasteiger partial charge in [0.05, 0.1) is 6.04 Å². The number of nitrogens with zero attached hydrogens (tertiary/aromatic N) is 2. The van der Waals surface area contributed by atoms with Crippen LogP contribution in [0.25, 0.3) is 0 Å². The van der Waals surface area contributed by atoms with Crippen molar-refractivity contribution < 1.29 is 4.79 Å². The molecule has 1 aliphatic heterocycles. The highest BCUT2D eigenvalue weighted by molar-refractivity contribution is 7.10. The second kappa shape index (κ2) is 6.85. The molecule has 0 spiro atoms. The molecule has 0 radical (unpaired) electrons. The summed E-state index contributed by atoms with van der Waals surface area (Å²) in [5.74, 6) is -0.267. The first-order valence-corrected chi connectivity index (χ1v) is 8.23. The molecule has 0 aliphatic carbocycles. The van der Waals surface area contributed by atoms with Gasteiger partial charge in [-0.25, -0.2) is 5.10 Å². The first-order chi connectivity index (χ1) is 10.7. The van der Waals surface area contributed by atoms with Gasteiger partial charge in [-0.05, 0) is 43.4 Å². The topological polar surface area (TPSA) is 78.1 Å². The summed E-state index contributed by atoms with van der Waals surface area (Å²) in [5, 5.41) is 11.0. The minimum Gasteiger partial charge on any atom is -0.349 e. The van der Waals surface area contributed by atoms with Crippen LogP contribution in [0.5, 0.6) is 0 Å². The Morgan fingerprint density at radius 2 is 2.18 bits per heavy atom. The lowest BCUT2D eigenvalue weighted by Gasteiger charge is -2.26. The second-order valence-electron chi connectivity index (χ2n) is 5.29. The molecule has 1 atom stereocenters. The van der Waals surface area contributed by atoms with Crippen LogP contribution >= 0.6 is 11.3 Å². The predicted octanol–water partition coefficient (Wildman–Crippen LogP) is 1.40. The van der Waals surface area contributed by atoms with Crippen molar-refractivity contribution in [1.29, 1.82) is 0 Å². The number of hydrogen-bond donors (Lipinski definition) is 2. The third-order valence-electron chi connectivity index (χ3n) is 3.82. The van der Waals surface area contributed by atoms with E-state index in [4.69, 9.17) is 0 Å². The maximum absolute atomic E-state index is 12.1. The van der Waals surface area contributed by atoms with Gasteiger partial charge in [0.1, 0.15) is 5.69 Å². The van der Waals surface area contributed by atoms with E-state index in [-0.39, 0.29) is 23.2 Å². The molecule has 2 aromatic heterocycles. The van der Waals surface area contributed by atoms with Gasteiger partial charge in [0.15, 0.2) is 0 Å². The first-order valence-electron chi connectivity index (χ1n) is 7.35. The zero-order valence-corrected chi connectivity index (χ0v) is 12.9. The SMILES string of the molecule is O=C(NC[C@H](c1cccs1)N1CCCC1)c1ccc(=O)[nH]n1. The Bertz CT molecular complexity index is 657. The van der Waals surface area contributed by atoms with Gasteiger partial charge < -0.3 is 5.32 Å². The Balaban J connectivity index is 1.67. The smallest absolute Gasteiger partial charge is 0.271 e. The zero-order valence-electron chi connectivity index (χ0n) is 12.1. The summed E-state index contributed by atoms with van der Waals surface area (Å²) in [6.07, 6.45) is 2.41. The van der Waals surface area contributed by atoms with E-state index in [0.29, 0.717) is 6.54 Å². The van der Waals surface area contributed by atoms with Gasteiger partial charge in [-0.2, -0.15) is 5.10 Å². The van der Waals surface area contributed by atoms with Crippen LogP contribution in [0.3, 0.4) is 0 Å². The van der Waals surface area contributed by atoms with E-state index >= 15 is 0 Å². The van der Waals surface area contributed by atoms with E-state index in [1.165, 1.54) is 29.9 Å². The molecule has 1 fully saturated rings. The van der Waals surface area contributed by atoms with Crippen molar-refractivity contribution >= 4 is 17.2 Å². The van der Waals surface area contributed by atoms with Crippen LogP contribution in [0.15, 0.2) is 34.4 Å². The number of H-pyrrole nitrogens is 1. The van der Waals surface area contributed by atoms with Crippen LogP contribution in [0.2, 0.25) is 0 Å². The quantitative estimate of drug-likeness (QED) is 0.873. The first kappa shape index (κ1) is 14.9. The van der Waals surface area contributed by atoms with Gasteiger partial charge in [0.25, 0.3) is 11.5 Å². The summed E-state index contributed by atoms with van der Waals surface area (Å²) in [5.41, 5.74) is -0.0870. The Labute approximate surface area is 132 Å². The Hall–Kier alpha value is -1.99. The van der Waals surface area contributed by atoms with Crippen LogP contribution in [0, 0.1) is 0 Å². The number of nitrogens with one attached hydrogen (secondary N) is 2. The maximum atomic E-state index is 12.1. The minimum absolute atomic E-state index is 0.203. The zero-order chi connectivity index (χ0) is 15.4. The van der Waals surface area contributed by atoms with Gasteiger partial charge in [0.2, 0.25) is 0 Å². The number of rotatable bonds is 5. The monoisotopic (exact) mass is 318 g/mol. The third kappa shape index (κ3) is 3.42. The van der Waals surface area contributed by atoms with E-state index in [2.05, 4.69) is 31.9 Å². The highest BCUT2D eigenvalue weighted by Gasteiger charge is 2.24. The average Bonchev–Trinajstić information content (AvgIpc) is 3.22. The molecule has 3 rings (SSSR count). The third-order valence-corrected chi connectivity index (χ3v) is 4.79. The molecule has 0 saturated carbocycles. The van der Waals surface area contributed by atoms with E-state index < -0.39 is 0 Å². The van der Waals surface area contributed by atoms with Gasteiger partial charge in [-0.1, -0.05) is 6.07 Å². The van der Waals surface area contributed by atoms with Gasteiger partial charge in [-0.15, -0.1) is 11.3 Å².